The van der Waals surface area contributed by atoms with Gasteiger partial charge in [0.1, 0.15) is 4.90 Å². The van der Waals surface area contributed by atoms with Crippen molar-refractivity contribution in [2.24, 2.45) is 0 Å². The zero-order valence-electron chi connectivity index (χ0n) is 12.3. The van der Waals surface area contributed by atoms with E-state index in [9.17, 15) is 18.0 Å². The Labute approximate surface area is 142 Å². The van der Waals surface area contributed by atoms with Gasteiger partial charge in [0.25, 0.3) is 10.0 Å². The molecule has 0 atom stereocenters. The van der Waals surface area contributed by atoms with Crippen LogP contribution in [0.2, 0.25) is 5.02 Å². The molecule has 3 amide bonds. The number of halogens is 1. The van der Waals surface area contributed by atoms with Crippen molar-refractivity contribution in [3.8, 4) is 0 Å². The number of hydrogen-bond acceptors (Lipinski definition) is 6. The highest BCUT2D eigenvalue weighted by atomic mass is 35.5. The summed E-state index contributed by atoms with van der Waals surface area (Å²) in [7, 11) is -4.27. The van der Waals surface area contributed by atoms with Crippen LogP contribution in [0.3, 0.4) is 0 Å². The summed E-state index contributed by atoms with van der Waals surface area (Å²) in [4.78, 5) is 29.6. The lowest BCUT2D eigenvalue weighted by Gasteiger charge is -2.10. The molecule has 126 valence electrons. The minimum absolute atomic E-state index is 0.0508. The number of nitrogens with one attached hydrogen (secondary N) is 3. The highest BCUT2D eigenvalue weighted by molar-refractivity contribution is 7.90. The first-order valence-electron chi connectivity index (χ1n) is 6.45. The molecule has 2 aromatic rings. The summed E-state index contributed by atoms with van der Waals surface area (Å²) in [6, 6.07) is 4.38. The molecule has 0 saturated heterocycles. The lowest BCUT2D eigenvalue weighted by atomic mass is 10.3. The van der Waals surface area contributed by atoms with E-state index in [1.165, 1.54) is 18.3 Å². The van der Waals surface area contributed by atoms with E-state index in [1.54, 1.807) is 17.7 Å². The molecule has 1 aromatic heterocycles. The van der Waals surface area contributed by atoms with Crippen LogP contribution in [0.15, 0.2) is 35.4 Å². The van der Waals surface area contributed by atoms with Gasteiger partial charge in [0.15, 0.2) is 0 Å². The zero-order chi connectivity index (χ0) is 17.7. The van der Waals surface area contributed by atoms with Crippen molar-refractivity contribution in [3.05, 3.63) is 41.2 Å². The van der Waals surface area contributed by atoms with Crippen molar-refractivity contribution in [1.29, 1.82) is 0 Å². The third kappa shape index (κ3) is 4.40. The van der Waals surface area contributed by atoms with Crippen LogP contribution in [0.25, 0.3) is 0 Å². The second-order valence-electron chi connectivity index (χ2n) is 4.49. The van der Waals surface area contributed by atoms with Crippen molar-refractivity contribution in [2.45, 2.75) is 11.8 Å². The van der Waals surface area contributed by atoms with Gasteiger partial charge in [-0.15, -0.1) is 0 Å². The Morgan fingerprint density at radius 1 is 1.29 bits per heavy atom. The van der Waals surface area contributed by atoms with Gasteiger partial charge in [0.2, 0.25) is 12.4 Å². The predicted molar refractivity (Wildman–Crippen MR) is 87.2 cm³/mol. The van der Waals surface area contributed by atoms with Crippen LogP contribution in [0.5, 0.6) is 0 Å². The maximum Gasteiger partial charge on any atom is 0.335 e. The molecule has 0 unspecified atom stereocenters. The van der Waals surface area contributed by atoms with Crippen LogP contribution in [-0.2, 0) is 14.8 Å². The summed E-state index contributed by atoms with van der Waals surface area (Å²) in [6.45, 7) is 1.69. The zero-order valence-corrected chi connectivity index (χ0v) is 13.9. The van der Waals surface area contributed by atoms with Crippen molar-refractivity contribution >= 4 is 45.7 Å². The molecule has 0 spiro atoms. The van der Waals surface area contributed by atoms with Gasteiger partial charge < -0.3 is 5.32 Å². The van der Waals surface area contributed by atoms with Gasteiger partial charge in [-0.05, 0) is 31.2 Å². The largest absolute Gasteiger partial charge is 0.335 e. The predicted octanol–water partition coefficient (Wildman–Crippen LogP) is 1.52. The van der Waals surface area contributed by atoms with Gasteiger partial charge in [-0.25, -0.2) is 27.9 Å². The Kier molecular flexibility index (Phi) is 5.31. The molecule has 3 N–H and O–H groups in total. The quantitative estimate of drug-likeness (QED) is 0.685. The van der Waals surface area contributed by atoms with E-state index in [1.807, 2.05) is 0 Å². The molecule has 0 fully saturated rings. The van der Waals surface area contributed by atoms with E-state index < -0.39 is 16.1 Å². The SMILES string of the molecule is Cc1ccnc(NC(=O)NS(=O)(=O)c2cc(NC=O)ccc2Cl)n1. The molecule has 0 aliphatic rings. The Morgan fingerprint density at radius 2 is 2.04 bits per heavy atom. The third-order valence-electron chi connectivity index (χ3n) is 2.69. The molecule has 0 bridgehead atoms. The van der Waals surface area contributed by atoms with Crippen LogP contribution < -0.4 is 15.4 Å². The second kappa shape index (κ2) is 7.23. The number of rotatable bonds is 5. The first-order chi connectivity index (χ1) is 11.3. The van der Waals surface area contributed by atoms with Gasteiger partial charge in [-0.2, -0.15) is 0 Å². The van der Waals surface area contributed by atoms with E-state index in [2.05, 4.69) is 20.6 Å². The van der Waals surface area contributed by atoms with Gasteiger partial charge in [-0.3, -0.25) is 10.1 Å². The van der Waals surface area contributed by atoms with E-state index in [0.29, 0.717) is 12.1 Å². The topological polar surface area (TPSA) is 130 Å². The van der Waals surface area contributed by atoms with E-state index >= 15 is 0 Å². The minimum Gasteiger partial charge on any atom is -0.329 e. The monoisotopic (exact) mass is 369 g/mol. The van der Waals surface area contributed by atoms with Gasteiger partial charge in [0, 0.05) is 17.6 Å². The molecule has 24 heavy (non-hydrogen) atoms. The summed E-state index contributed by atoms with van der Waals surface area (Å²) < 4.78 is 26.3. The molecule has 9 nitrogen and oxygen atoms in total. The maximum atomic E-state index is 12.3. The van der Waals surface area contributed by atoms with Crippen molar-refractivity contribution < 1.29 is 18.0 Å². The number of aromatic nitrogens is 2. The summed E-state index contributed by atoms with van der Waals surface area (Å²) in [5, 5.41) is 4.38. The molecule has 11 heteroatoms. The Bertz CT molecular complexity index is 888. The third-order valence-corrected chi connectivity index (χ3v) is 4.51. The first kappa shape index (κ1) is 17.6. The number of nitrogens with zero attached hydrogens (tertiary/aromatic N) is 2. The Balaban J connectivity index is 2.20. The van der Waals surface area contributed by atoms with Crippen molar-refractivity contribution in [3.63, 3.8) is 0 Å². The Morgan fingerprint density at radius 3 is 2.71 bits per heavy atom. The molecule has 0 radical (unpaired) electrons. The van der Waals surface area contributed by atoms with Crippen LogP contribution in [0.1, 0.15) is 5.69 Å². The molecular weight excluding hydrogens is 358 g/mol. The lowest BCUT2D eigenvalue weighted by molar-refractivity contribution is -0.105. The van der Waals surface area contributed by atoms with Gasteiger partial charge in [0.05, 0.1) is 5.02 Å². The summed E-state index contributed by atoms with van der Waals surface area (Å²) >= 11 is 5.85. The van der Waals surface area contributed by atoms with Crippen LogP contribution in [0.4, 0.5) is 16.4 Å². The van der Waals surface area contributed by atoms with Crippen molar-refractivity contribution in [1.82, 2.24) is 14.7 Å². The van der Waals surface area contributed by atoms with E-state index in [0.717, 1.165) is 6.07 Å². The van der Waals surface area contributed by atoms with Crippen LogP contribution in [-0.4, -0.2) is 30.8 Å². The Hall–Kier alpha value is -2.72. The highest BCUT2D eigenvalue weighted by Gasteiger charge is 2.22. The lowest BCUT2D eigenvalue weighted by Crippen LogP contribution is -2.35. The number of carbonyl (C=O) groups is 2. The number of carbonyl (C=O) groups excluding carboxylic acids is 2. The van der Waals surface area contributed by atoms with Crippen LogP contribution >= 0.6 is 11.6 Å². The fraction of sp³-hybridized carbons (Fsp3) is 0.0769. The average molecular weight is 370 g/mol. The fourth-order valence-electron chi connectivity index (χ4n) is 1.68. The molecule has 0 aliphatic heterocycles. The highest BCUT2D eigenvalue weighted by Crippen LogP contribution is 2.24. The van der Waals surface area contributed by atoms with Gasteiger partial charge >= 0.3 is 6.03 Å². The molecule has 1 aromatic carbocycles. The molecule has 0 saturated carbocycles. The minimum atomic E-state index is -4.27. The normalized spacial score (nSPS) is 10.8. The molecular formula is C13H12ClN5O4S. The number of aryl methyl sites for hydroxylation is 1. The number of anilines is 2. The number of benzene rings is 1. The first-order valence-corrected chi connectivity index (χ1v) is 8.31. The number of hydrogen-bond donors (Lipinski definition) is 3. The summed E-state index contributed by atoms with van der Waals surface area (Å²) in [5.41, 5.74) is 0.802. The number of urea groups is 1. The van der Waals surface area contributed by atoms with Crippen molar-refractivity contribution in [2.75, 3.05) is 10.6 Å². The van der Waals surface area contributed by atoms with E-state index in [4.69, 9.17) is 11.6 Å². The summed E-state index contributed by atoms with van der Waals surface area (Å²) in [5.74, 6) is -0.0508. The fourth-order valence-corrected chi connectivity index (χ4v) is 3.11. The van der Waals surface area contributed by atoms with Crippen LogP contribution in [0, 0.1) is 6.92 Å². The maximum absolute atomic E-state index is 12.3. The number of sulfonamides is 1. The molecule has 0 aliphatic carbocycles. The van der Waals surface area contributed by atoms with E-state index in [-0.39, 0.29) is 21.6 Å². The standard InChI is InChI=1S/C13H12ClN5O4S/c1-8-4-5-15-12(17-8)18-13(21)19-24(22,23)11-6-9(16-7-20)2-3-10(11)14/h2-7H,1H3,(H,16,20)(H2,15,17,18,19,21). The average Bonchev–Trinajstić information content (AvgIpc) is 2.48. The molecule has 1 heterocycles. The second-order valence-corrected chi connectivity index (χ2v) is 6.55. The summed E-state index contributed by atoms with van der Waals surface area (Å²) in [6.07, 6.45) is 1.80. The molecule has 2 rings (SSSR count). The number of amides is 3. The van der Waals surface area contributed by atoms with Gasteiger partial charge in [-0.1, -0.05) is 11.6 Å². The smallest absolute Gasteiger partial charge is 0.329 e.